The quantitative estimate of drug-likeness (QED) is 0.248. The number of hydrogen-bond acceptors (Lipinski definition) is 3. The van der Waals surface area contributed by atoms with E-state index in [4.69, 9.17) is 10.6 Å². The fourth-order valence-corrected chi connectivity index (χ4v) is 2.18. The lowest BCUT2D eigenvalue weighted by molar-refractivity contribution is 0.196. The van der Waals surface area contributed by atoms with Crippen LogP contribution in [0.1, 0.15) is 32.6 Å². The molecule has 0 radical (unpaired) electrons. The van der Waals surface area contributed by atoms with Gasteiger partial charge in [0.25, 0.3) is 0 Å². The largest absolute Gasteiger partial charge is 0.385 e. The molecule has 1 aliphatic rings. The number of likely N-dealkylation sites (tertiary alicyclic amines) is 1. The molecule has 0 aromatic carbocycles. The third kappa shape index (κ3) is 4.91. The van der Waals surface area contributed by atoms with Crippen LogP contribution in [0.25, 0.3) is 0 Å². The molecule has 3 N–H and O–H groups in total. The Morgan fingerprint density at radius 3 is 2.71 bits per heavy atom. The van der Waals surface area contributed by atoms with Gasteiger partial charge in [-0.15, -0.1) is 0 Å². The Labute approximate surface area is 104 Å². The minimum absolute atomic E-state index is 0.749. The van der Waals surface area contributed by atoms with Gasteiger partial charge in [-0.05, 0) is 25.2 Å². The van der Waals surface area contributed by atoms with Crippen LogP contribution >= 0.6 is 0 Å². The monoisotopic (exact) mass is 242 g/mol. The second-order valence-electron chi connectivity index (χ2n) is 4.53. The summed E-state index contributed by atoms with van der Waals surface area (Å²) in [6.45, 7) is 5.90. The normalized spacial score (nSPS) is 18.5. The summed E-state index contributed by atoms with van der Waals surface area (Å²) < 4.78 is 5.00. The molecule has 100 valence electrons. The average molecular weight is 242 g/mol. The Morgan fingerprint density at radius 2 is 2.18 bits per heavy atom. The number of rotatable bonds is 5. The highest BCUT2D eigenvalue weighted by molar-refractivity contribution is 5.79. The van der Waals surface area contributed by atoms with Crippen LogP contribution in [0.4, 0.5) is 0 Å². The van der Waals surface area contributed by atoms with Crippen molar-refractivity contribution >= 4 is 5.96 Å². The zero-order chi connectivity index (χ0) is 12.5. The lowest BCUT2D eigenvalue weighted by Crippen LogP contribution is -2.48. The predicted molar refractivity (Wildman–Crippen MR) is 70.7 cm³/mol. The molecular formula is C12H26N4O. The summed E-state index contributed by atoms with van der Waals surface area (Å²) in [4.78, 5) is 6.73. The molecule has 0 bridgehead atoms. The third-order valence-electron chi connectivity index (χ3n) is 3.39. The molecule has 0 aliphatic carbocycles. The summed E-state index contributed by atoms with van der Waals surface area (Å²) >= 11 is 0. The van der Waals surface area contributed by atoms with Gasteiger partial charge in [-0.3, -0.25) is 10.4 Å². The Hall–Kier alpha value is -0.810. The van der Waals surface area contributed by atoms with Gasteiger partial charge in [-0.1, -0.05) is 13.3 Å². The van der Waals surface area contributed by atoms with E-state index in [-0.39, 0.29) is 0 Å². The van der Waals surface area contributed by atoms with E-state index in [0.29, 0.717) is 0 Å². The van der Waals surface area contributed by atoms with Crippen LogP contribution < -0.4 is 11.3 Å². The smallest absolute Gasteiger partial charge is 0.208 e. The first-order valence-corrected chi connectivity index (χ1v) is 6.56. The number of guanidine groups is 1. The Bertz CT molecular complexity index is 225. The number of nitrogens with two attached hydrogens (primary N) is 1. The van der Waals surface area contributed by atoms with Crippen molar-refractivity contribution in [1.82, 2.24) is 10.3 Å². The summed E-state index contributed by atoms with van der Waals surface area (Å²) in [7, 11) is 1.71. The second-order valence-corrected chi connectivity index (χ2v) is 4.53. The summed E-state index contributed by atoms with van der Waals surface area (Å²) in [6.07, 6.45) is 4.71. The fraction of sp³-hybridized carbons (Fsp3) is 0.917. The lowest BCUT2D eigenvalue weighted by atomic mass is 9.95. The van der Waals surface area contributed by atoms with E-state index in [1.807, 2.05) is 0 Å². The number of hydrogen-bond donors (Lipinski definition) is 2. The molecule has 5 heteroatoms. The molecule has 5 nitrogen and oxygen atoms in total. The van der Waals surface area contributed by atoms with Crippen molar-refractivity contribution in [3.8, 4) is 0 Å². The maximum absolute atomic E-state index is 5.53. The third-order valence-corrected chi connectivity index (χ3v) is 3.39. The summed E-state index contributed by atoms with van der Waals surface area (Å²) in [6, 6.07) is 0. The van der Waals surface area contributed by atoms with Crippen molar-refractivity contribution < 1.29 is 4.74 Å². The van der Waals surface area contributed by atoms with Crippen LogP contribution in [-0.4, -0.2) is 44.2 Å². The Kier molecular flexibility index (Phi) is 6.96. The number of ether oxygens (including phenoxy) is 1. The zero-order valence-electron chi connectivity index (χ0n) is 11.1. The molecule has 0 unspecified atom stereocenters. The van der Waals surface area contributed by atoms with Gasteiger partial charge < -0.3 is 9.64 Å². The summed E-state index contributed by atoms with van der Waals surface area (Å²) in [5.74, 6) is 7.23. The topological polar surface area (TPSA) is 62.9 Å². The van der Waals surface area contributed by atoms with Crippen molar-refractivity contribution in [1.29, 1.82) is 0 Å². The maximum Gasteiger partial charge on any atom is 0.208 e. The number of aliphatic imine (C=N–C) groups is 1. The molecule has 1 saturated heterocycles. The molecule has 0 amide bonds. The van der Waals surface area contributed by atoms with Crippen molar-refractivity contribution in [2.24, 2.45) is 16.8 Å². The van der Waals surface area contributed by atoms with Gasteiger partial charge in [0.1, 0.15) is 0 Å². The van der Waals surface area contributed by atoms with Gasteiger partial charge in [0.2, 0.25) is 5.96 Å². The predicted octanol–water partition coefficient (Wildman–Crippen LogP) is 0.964. The van der Waals surface area contributed by atoms with Crippen LogP contribution in [0, 0.1) is 5.92 Å². The van der Waals surface area contributed by atoms with Crippen LogP contribution in [0.5, 0.6) is 0 Å². The van der Waals surface area contributed by atoms with E-state index in [0.717, 1.165) is 44.5 Å². The van der Waals surface area contributed by atoms with Gasteiger partial charge in [-0.2, -0.15) is 0 Å². The second kappa shape index (κ2) is 8.31. The maximum atomic E-state index is 5.53. The number of hydrazine groups is 1. The van der Waals surface area contributed by atoms with E-state index in [1.54, 1.807) is 7.11 Å². The number of nitrogens with zero attached hydrogens (tertiary/aromatic N) is 2. The molecule has 0 atom stereocenters. The number of methoxy groups -OCH3 is 1. The number of piperidine rings is 1. The van der Waals surface area contributed by atoms with Gasteiger partial charge in [0.05, 0.1) is 0 Å². The molecule has 1 heterocycles. The van der Waals surface area contributed by atoms with Gasteiger partial charge in [0.15, 0.2) is 0 Å². The number of nitrogens with one attached hydrogen (secondary N) is 1. The molecule has 0 aromatic rings. The fourth-order valence-electron chi connectivity index (χ4n) is 2.18. The van der Waals surface area contributed by atoms with Gasteiger partial charge in [0, 0.05) is 33.4 Å². The van der Waals surface area contributed by atoms with Crippen LogP contribution in [0.15, 0.2) is 4.99 Å². The van der Waals surface area contributed by atoms with Crippen molar-refractivity contribution in [3.05, 3.63) is 0 Å². The summed E-state index contributed by atoms with van der Waals surface area (Å²) in [5, 5.41) is 0. The first-order valence-electron chi connectivity index (χ1n) is 6.56. The molecule has 0 saturated carbocycles. The van der Waals surface area contributed by atoms with Crippen LogP contribution in [-0.2, 0) is 4.74 Å². The molecule has 1 rings (SSSR count). The van der Waals surface area contributed by atoms with E-state index in [1.165, 1.54) is 19.3 Å². The molecule has 17 heavy (non-hydrogen) atoms. The van der Waals surface area contributed by atoms with E-state index < -0.39 is 0 Å². The van der Waals surface area contributed by atoms with Crippen LogP contribution in [0.3, 0.4) is 0 Å². The minimum atomic E-state index is 0.749. The first kappa shape index (κ1) is 14.3. The highest BCUT2D eigenvalue weighted by atomic mass is 16.5. The Morgan fingerprint density at radius 1 is 1.47 bits per heavy atom. The molecule has 1 aliphatic heterocycles. The first-order chi connectivity index (χ1) is 8.31. The van der Waals surface area contributed by atoms with E-state index in [9.17, 15) is 0 Å². The molecule has 1 fully saturated rings. The highest BCUT2D eigenvalue weighted by Crippen LogP contribution is 2.19. The van der Waals surface area contributed by atoms with Gasteiger partial charge in [-0.25, -0.2) is 5.84 Å². The Balaban J connectivity index is 2.34. The van der Waals surface area contributed by atoms with Gasteiger partial charge >= 0.3 is 0 Å². The SMILES string of the molecule is CCC1CCN(C(=NCCCOC)NN)CC1. The standard InChI is InChI=1S/C12H26N4O/c1-3-11-5-8-16(9-6-11)12(15-13)14-7-4-10-17-2/h11H,3-10,13H2,1-2H3,(H,14,15). The summed E-state index contributed by atoms with van der Waals surface area (Å²) in [5.41, 5.74) is 2.72. The highest BCUT2D eigenvalue weighted by Gasteiger charge is 2.19. The zero-order valence-corrected chi connectivity index (χ0v) is 11.1. The molecular weight excluding hydrogens is 216 g/mol. The van der Waals surface area contributed by atoms with Crippen molar-refractivity contribution in [3.63, 3.8) is 0 Å². The van der Waals surface area contributed by atoms with Crippen molar-refractivity contribution in [2.75, 3.05) is 33.4 Å². The van der Waals surface area contributed by atoms with E-state index >= 15 is 0 Å². The van der Waals surface area contributed by atoms with E-state index in [2.05, 4.69) is 22.2 Å². The van der Waals surface area contributed by atoms with Crippen molar-refractivity contribution in [2.45, 2.75) is 32.6 Å². The minimum Gasteiger partial charge on any atom is -0.385 e. The molecule has 0 spiro atoms. The molecule has 0 aromatic heterocycles. The lowest BCUT2D eigenvalue weighted by Gasteiger charge is -2.33. The average Bonchev–Trinajstić information content (AvgIpc) is 2.39. The van der Waals surface area contributed by atoms with Crippen LogP contribution in [0.2, 0.25) is 0 Å².